The van der Waals surface area contributed by atoms with E-state index < -0.39 is 0 Å². The molecule has 0 unspecified atom stereocenters. The summed E-state index contributed by atoms with van der Waals surface area (Å²) in [6.45, 7) is 0.935. The predicted octanol–water partition coefficient (Wildman–Crippen LogP) is 2.89. The lowest BCUT2D eigenvalue weighted by Crippen LogP contribution is -2.15. The van der Waals surface area contributed by atoms with Crippen LogP contribution >= 0.6 is 15.9 Å². The van der Waals surface area contributed by atoms with E-state index in [2.05, 4.69) is 44.5 Å². The van der Waals surface area contributed by atoms with E-state index in [9.17, 15) is 0 Å². The second-order valence-electron chi connectivity index (χ2n) is 4.38. The third-order valence-electron chi connectivity index (χ3n) is 2.96. The van der Waals surface area contributed by atoms with E-state index in [4.69, 9.17) is 0 Å². The molecule has 1 saturated carbocycles. The average molecular weight is 292 g/mol. The van der Waals surface area contributed by atoms with Crippen molar-refractivity contribution in [3.8, 4) is 5.69 Å². The largest absolute Gasteiger partial charge is 0.310 e. The summed E-state index contributed by atoms with van der Waals surface area (Å²) in [5, 5.41) is 7.74. The van der Waals surface area contributed by atoms with E-state index in [-0.39, 0.29) is 0 Å². The van der Waals surface area contributed by atoms with Gasteiger partial charge in [-0.05, 0) is 36.6 Å². The number of hydrogen-bond donors (Lipinski definition) is 1. The Morgan fingerprint density at radius 1 is 1.41 bits per heavy atom. The molecule has 1 aromatic carbocycles. The van der Waals surface area contributed by atoms with Crippen LogP contribution in [0.15, 0.2) is 41.1 Å². The lowest BCUT2D eigenvalue weighted by atomic mass is 10.2. The van der Waals surface area contributed by atoms with E-state index in [0.717, 1.165) is 22.7 Å². The Labute approximate surface area is 109 Å². The number of nitrogens with zero attached hydrogens (tertiary/aromatic N) is 2. The van der Waals surface area contributed by atoms with E-state index >= 15 is 0 Å². The fourth-order valence-corrected chi connectivity index (χ4v) is 2.29. The zero-order chi connectivity index (χ0) is 11.7. The Kier molecular flexibility index (Phi) is 2.99. The SMILES string of the molecule is Brc1cc(-n2cccn2)ccc1CNC1CC1. The summed E-state index contributed by atoms with van der Waals surface area (Å²) in [5.74, 6) is 0. The number of halogens is 1. The number of rotatable bonds is 4. The Morgan fingerprint density at radius 3 is 2.94 bits per heavy atom. The Balaban J connectivity index is 1.78. The van der Waals surface area contributed by atoms with Gasteiger partial charge in [-0.15, -0.1) is 0 Å². The van der Waals surface area contributed by atoms with Gasteiger partial charge in [0.15, 0.2) is 0 Å². The highest BCUT2D eigenvalue weighted by Gasteiger charge is 2.20. The summed E-state index contributed by atoms with van der Waals surface area (Å²) >= 11 is 3.62. The molecule has 88 valence electrons. The van der Waals surface area contributed by atoms with Gasteiger partial charge in [0.05, 0.1) is 5.69 Å². The van der Waals surface area contributed by atoms with Gasteiger partial charge in [-0.25, -0.2) is 4.68 Å². The third kappa shape index (κ3) is 2.58. The highest BCUT2D eigenvalue weighted by Crippen LogP contribution is 2.23. The molecule has 0 saturated heterocycles. The molecule has 0 spiro atoms. The number of nitrogens with one attached hydrogen (secondary N) is 1. The molecule has 4 heteroatoms. The number of benzene rings is 1. The molecule has 0 aliphatic heterocycles. The predicted molar refractivity (Wildman–Crippen MR) is 71.1 cm³/mol. The monoisotopic (exact) mass is 291 g/mol. The van der Waals surface area contributed by atoms with Gasteiger partial charge in [-0.1, -0.05) is 22.0 Å². The summed E-state index contributed by atoms with van der Waals surface area (Å²) in [4.78, 5) is 0. The van der Waals surface area contributed by atoms with Crippen molar-refractivity contribution >= 4 is 15.9 Å². The first-order valence-electron chi connectivity index (χ1n) is 5.85. The molecule has 1 aromatic heterocycles. The maximum Gasteiger partial charge on any atom is 0.0656 e. The van der Waals surface area contributed by atoms with Crippen LogP contribution in [0, 0.1) is 0 Å². The van der Waals surface area contributed by atoms with Gasteiger partial charge in [0.1, 0.15) is 0 Å². The first-order valence-corrected chi connectivity index (χ1v) is 6.64. The van der Waals surface area contributed by atoms with Gasteiger partial charge in [0.2, 0.25) is 0 Å². The molecule has 0 radical (unpaired) electrons. The first-order chi connectivity index (χ1) is 8.33. The van der Waals surface area contributed by atoms with Crippen molar-refractivity contribution in [2.24, 2.45) is 0 Å². The number of aromatic nitrogens is 2. The maximum absolute atomic E-state index is 4.22. The second-order valence-corrected chi connectivity index (χ2v) is 5.24. The molecule has 1 fully saturated rings. The van der Waals surface area contributed by atoms with Crippen LogP contribution in [0.1, 0.15) is 18.4 Å². The molecular weight excluding hydrogens is 278 g/mol. The van der Waals surface area contributed by atoms with E-state index in [1.54, 1.807) is 6.20 Å². The molecule has 1 N–H and O–H groups in total. The molecule has 1 heterocycles. The maximum atomic E-state index is 4.22. The van der Waals surface area contributed by atoms with Crippen LogP contribution in [-0.4, -0.2) is 15.8 Å². The molecule has 3 rings (SSSR count). The van der Waals surface area contributed by atoms with Crippen molar-refractivity contribution in [1.29, 1.82) is 0 Å². The van der Waals surface area contributed by atoms with E-state index in [1.807, 2.05) is 16.9 Å². The summed E-state index contributed by atoms with van der Waals surface area (Å²) in [5.41, 5.74) is 2.38. The Hall–Kier alpha value is -1.13. The molecule has 17 heavy (non-hydrogen) atoms. The highest BCUT2D eigenvalue weighted by molar-refractivity contribution is 9.10. The van der Waals surface area contributed by atoms with Crippen molar-refractivity contribution in [3.05, 3.63) is 46.7 Å². The first kappa shape index (κ1) is 11.0. The standard InChI is InChI=1S/C13H14BrN3/c14-13-8-12(17-7-1-6-16-17)5-2-10(13)9-15-11-3-4-11/h1-2,5-8,11,15H,3-4,9H2. The van der Waals surface area contributed by atoms with Crippen molar-refractivity contribution in [2.45, 2.75) is 25.4 Å². The molecule has 0 atom stereocenters. The van der Waals surface area contributed by atoms with Crippen LogP contribution < -0.4 is 5.32 Å². The van der Waals surface area contributed by atoms with E-state index in [1.165, 1.54) is 18.4 Å². The fourth-order valence-electron chi connectivity index (χ4n) is 1.79. The molecule has 2 aromatic rings. The quantitative estimate of drug-likeness (QED) is 0.939. The molecule has 0 amide bonds. The zero-order valence-electron chi connectivity index (χ0n) is 9.44. The highest BCUT2D eigenvalue weighted by atomic mass is 79.9. The van der Waals surface area contributed by atoms with Crippen LogP contribution in [0.3, 0.4) is 0 Å². The minimum Gasteiger partial charge on any atom is -0.310 e. The van der Waals surface area contributed by atoms with Crippen molar-refractivity contribution < 1.29 is 0 Å². The van der Waals surface area contributed by atoms with Gasteiger partial charge >= 0.3 is 0 Å². The minimum atomic E-state index is 0.743. The summed E-state index contributed by atoms with van der Waals surface area (Å²) in [6.07, 6.45) is 6.38. The second kappa shape index (κ2) is 4.63. The van der Waals surface area contributed by atoms with Crippen molar-refractivity contribution in [1.82, 2.24) is 15.1 Å². The molecule has 1 aliphatic rings. The van der Waals surface area contributed by atoms with Gasteiger partial charge < -0.3 is 5.32 Å². The minimum absolute atomic E-state index is 0.743. The molecular formula is C13H14BrN3. The fraction of sp³-hybridized carbons (Fsp3) is 0.308. The van der Waals surface area contributed by atoms with Gasteiger partial charge in [-0.2, -0.15) is 5.10 Å². The lowest BCUT2D eigenvalue weighted by molar-refractivity contribution is 0.685. The zero-order valence-corrected chi connectivity index (χ0v) is 11.0. The third-order valence-corrected chi connectivity index (χ3v) is 3.70. The summed E-state index contributed by atoms with van der Waals surface area (Å²) in [6, 6.07) is 9.03. The molecule has 1 aliphatic carbocycles. The van der Waals surface area contributed by atoms with Crippen LogP contribution in [0.5, 0.6) is 0 Å². The Bertz CT molecular complexity index is 503. The van der Waals surface area contributed by atoms with Crippen LogP contribution in [0.25, 0.3) is 5.69 Å². The molecule has 0 bridgehead atoms. The van der Waals surface area contributed by atoms with Gasteiger partial charge in [0.25, 0.3) is 0 Å². The van der Waals surface area contributed by atoms with Crippen LogP contribution in [0.2, 0.25) is 0 Å². The molecule has 3 nitrogen and oxygen atoms in total. The van der Waals surface area contributed by atoms with Crippen molar-refractivity contribution in [3.63, 3.8) is 0 Å². The smallest absolute Gasteiger partial charge is 0.0656 e. The average Bonchev–Trinajstić information content (AvgIpc) is 3.00. The summed E-state index contributed by atoms with van der Waals surface area (Å²) in [7, 11) is 0. The normalized spacial score (nSPS) is 15.1. The number of hydrogen-bond acceptors (Lipinski definition) is 2. The van der Waals surface area contributed by atoms with Gasteiger partial charge in [0, 0.05) is 29.5 Å². The lowest BCUT2D eigenvalue weighted by Gasteiger charge is -2.08. The Morgan fingerprint density at radius 2 is 2.29 bits per heavy atom. The van der Waals surface area contributed by atoms with Crippen LogP contribution in [-0.2, 0) is 6.54 Å². The van der Waals surface area contributed by atoms with Crippen molar-refractivity contribution in [2.75, 3.05) is 0 Å². The van der Waals surface area contributed by atoms with Gasteiger partial charge in [-0.3, -0.25) is 0 Å². The topological polar surface area (TPSA) is 29.9 Å². The van der Waals surface area contributed by atoms with E-state index in [0.29, 0.717) is 0 Å². The summed E-state index contributed by atoms with van der Waals surface area (Å²) < 4.78 is 3.00. The van der Waals surface area contributed by atoms with Crippen LogP contribution in [0.4, 0.5) is 0 Å².